The van der Waals surface area contributed by atoms with E-state index in [1.807, 2.05) is 24.3 Å². The Labute approximate surface area is 129 Å². The SMILES string of the molecule is CC(C)c1ccccc1NC(=O)N/C=C/c1ccccc1F. The maximum absolute atomic E-state index is 13.4. The summed E-state index contributed by atoms with van der Waals surface area (Å²) in [5.74, 6) is -0.0171. The lowest BCUT2D eigenvalue weighted by Gasteiger charge is -2.13. The average molecular weight is 298 g/mol. The molecule has 2 aromatic carbocycles. The lowest BCUT2D eigenvalue weighted by Crippen LogP contribution is -2.24. The van der Waals surface area contributed by atoms with Gasteiger partial charge >= 0.3 is 6.03 Å². The van der Waals surface area contributed by atoms with E-state index in [1.165, 1.54) is 18.3 Å². The highest BCUT2D eigenvalue weighted by Gasteiger charge is 2.07. The molecule has 0 aromatic heterocycles. The minimum atomic E-state index is -0.360. The van der Waals surface area contributed by atoms with Crippen molar-refractivity contribution in [2.45, 2.75) is 19.8 Å². The Kier molecular flexibility index (Phi) is 5.31. The van der Waals surface area contributed by atoms with Gasteiger partial charge in [0.25, 0.3) is 0 Å². The van der Waals surface area contributed by atoms with Crippen LogP contribution in [0.2, 0.25) is 0 Å². The van der Waals surface area contributed by atoms with Gasteiger partial charge in [-0.1, -0.05) is 50.2 Å². The topological polar surface area (TPSA) is 41.1 Å². The van der Waals surface area contributed by atoms with Crippen LogP contribution in [0.1, 0.15) is 30.9 Å². The van der Waals surface area contributed by atoms with E-state index in [0.29, 0.717) is 11.5 Å². The van der Waals surface area contributed by atoms with Gasteiger partial charge in [0, 0.05) is 17.5 Å². The summed E-state index contributed by atoms with van der Waals surface area (Å²) >= 11 is 0. The van der Waals surface area contributed by atoms with Gasteiger partial charge in [-0.05, 0) is 29.7 Å². The predicted molar refractivity (Wildman–Crippen MR) is 88.1 cm³/mol. The van der Waals surface area contributed by atoms with E-state index in [4.69, 9.17) is 0 Å². The number of anilines is 1. The summed E-state index contributed by atoms with van der Waals surface area (Å²) < 4.78 is 13.4. The summed E-state index contributed by atoms with van der Waals surface area (Å²) in [7, 11) is 0. The second-order valence-corrected chi connectivity index (χ2v) is 5.20. The maximum atomic E-state index is 13.4. The zero-order valence-corrected chi connectivity index (χ0v) is 12.6. The van der Waals surface area contributed by atoms with Crippen LogP contribution in [0.3, 0.4) is 0 Å². The van der Waals surface area contributed by atoms with Gasteiger partial charge in [0.1, 0.15) is 5.82 Å². The average Bonchev–Trinajstić information content (AvgIpc) is 2.49. The zero-order valence-electron chi connectivity index (χ0n) is 12.6. The molecule has 0 fully saturated rings. The molecule has 2 amide bonds. The fourth-order valence-corrected chi connectivity index (χ4v) is 2.09. The third-order valence-corrected chi connectivity index (χ3v) is 3.21. The van der Waals surface area contributed by atoms with Gasteiger partial charge in [-0.3, -0.25) is 0 Å². The van der Waals surface area contributed by atoms with Gasteiger partial charge in [-0.25, -0.2) is 9.18 Å². The second kappa shape index (κ2) is 7.41. The fraction of sp³-hybridized carbons (Fsp3) is 0.167. The predicted octanol–water partition coefficient (Wildman–Crippen LogP) is 4.74. The molecule has 0 spiro atoms. The first kappa shape index (κ1) is 15.8. The minimum Gasteiger partial charge on any atom is -0.314 e. The molecule has 3 nitrogen and oxygen atoms in total. The van der Waals surface area contributed by atoms with E-state index in [0.717, 1.165) is 11.3 Å². The zero-order chi connectivity index (χ0) is 15.9. The van der Waals surface area contributed by atoms with Crippen molar-refractivity contribution in [2.75, 3.05) is 5.32 Å². The summed E-state index contributed by atoms with van der Waals surface area (Å²) in [5, 5.41) is 5.37. The molecule has 114 valence electrons. The summed E-state index contributed by atoms with van der Waals surface area (Å²) in [6.45, 7) is 4.13. The third kappa shape index (κ3) is 4.19. The van der Waals surface area contributed by atoms with Crippen LogP contribution < -0.4 is 10.6 Å². The normalized spacial score (nSPS) is 10.9. The van der Waals surface area contributed by atoms with Crippen LogP contribution in [-0.4, -0.2) is 6.03 Å². The van der Waals surface area contributed by atoms with Crippen molar-refractivity contribution >= 4 is 17.8 Å². The fourth-order valence-electron chi connectivity index (χ4n) is 2.09. The lowest BCUT2D eigenvalue weighted by molar-refractivity contribution is 0.255. The number of benzene rings is 2. The Hall–Kier alpha value is -2.62. The first-order valence-corrected chi connectivity index (χ1v) is 7.15. The molecule has 22 heavy (non-hydrogen) atoms. The van der Waals surface area contributed by atoms with Crippen LogP contribution in [0.25, 0.3) is 6.08 Å². The summed E-state index contributed by atoms with van der Waals surface area (Å²) in [4.78, 5) is 11.9. The molecule has 2 rings (SSSR count). The Morgan fingerprint density at radius 1 is 1.09 bits per heavy atom. The van der Waals surface area contributed by atoms with Gasteiger partial charge < -0.3 is 10.6 Å². The molecule has 0 unspecified atom stereocenters. The number of amides is 2. The number of rotatable bonds is 4. The molecule has 0 aliphatic heterocycles. The molecule has 0 bridgehead atoms. The van der Waals surface area contributed by atoms with Crippen LogP contribution in [0.15, 0.2) is 54.7 Å². The minimum absolute atomic E-state index is 0.311. The van der Waals surface area contributed by atoms with Gasteiger partial charge in [-0.15, -0.1) is 0 Å². The number of halogens is 1. The summed E-state index contributed by atoms with van der Waals surface area (Å²) in [5.41, 5.74) is 2.26. The lowest BCUT2D eigenvalue weighted by atomic mass is 10.0. The van der Waals surface area contributed by atoms with Crippen LogP contribution in [0.4, 0.5) is 14.9 Å². The third-order valence-electron chi connectivity index (χ3n) is 3.21. The monoisotopic (exact) mass is 298 g/mol. The van der Waals surface area contributed by atoms with Crippen molar-refractivity contribution in [1.29, 1.82) is 0 Å². The first-order chi connectivity index (χ1) is 10.6. The van der Waals surface area contributed by atoms with Crippen LogP contribution in [0, 0.1) is 5.82 Å². The van der Waals surface area contributed by atoms with Crippen LogP contribution in [-0.2, 0) is 0 Å². The first-order valence-electron chi connectivity index (χ1n) is 7.15. The van der Waals surface area contributed by atoms with Gasteiger partial charge in [0.2, 0.25) is 0 Å². The van der Waals surface area contributed by atoms with Crippen LogP contribution >= 0.6 is 0 Å². The standard InChI is InChI=1S/C18H19FN2O/c1-13(2)15-8-4-6-10-17(15)21-18(22)20-12-11-14-7-3-5-9-16(14)19/h3-13H,1-2H3,(H2,20,21,22)/b12-11+. The number of carbonyl (C=O) groups is 1. The number of hydrogen-bond donors (Lipinski definition) is 2. The number of urea groups is 1. The summed E-state index contributed by atoms with van der Waals surface area (Å²) in [6, 6.07) is 13.7. The highest BCUT2D eigenvalue weighted by molar-refractivity contribution is 5.91. The quantitative estimate of drug-likeness (QED) is 0.841. The molecule has 2 aromatic rings. The van der Waals surface area contributed by atoms with Crippen molar-refractivity contribution < 1.29 is 9.18 Å². The Morgan fingerprint density at radius 3 is 2.50 bits per heavy atom. The molecular formula is C18H19FN2O. The number of para-hydroxylation sites is 1. The van der Waals surface area contributed by atoms with Crippen molar-refractivity contribution in [3.8, 4) is 0 Å². The number of hydrogen-bond acceptors (Lipinski definition) is 1. The van der Waals surface area contributed by atoms with E-state index in [9.17, 15) is 9.18 Å². The Morgan fingerprint density at radius 2 is 1.77 bits per heavy atom. The molecule has 0 heterocycles. The highest BCUT2D eigenvalue weighted by Crippen LogP contribution is 2.23. The van der Waals surface area contributed by atoms with Crippen molar-refractivity contribution in [3.05, 3.63) is 71.7 Å². The van der Waals surface area contributed by atoms with Crippen LogP contribution in [0.5, 0.6) is 0 Å². The molecule has 4 heteroatoms. The largest absolute Gasteiger partial charge is 0.323 e. The highest BCUT2D eigenvalue weighted by atomic mass is 19.1. The molecule has 0 radical (unpaired) electrons. The molecule has 2 N–H and O–H groups in total. The molecule has 0 aliphatic carbocycles. The molecule has 0 saturated heterocycles. The van der Waals surface area contributed by atoms with Crippen molar-refractivity contribution in [2.24, 2.45) is 0 Å². The van der Waals surface area contributed by atoms with Crippen molar-refractivity contribution in [1.82, 2.24) is 5.32 Å². The molecule has 0 atom stereocenters. The van der Waals surface area contributed by atoms with E-state index in [-0.39, 0.29) is 11.8 Å². The van der Waals surface area contributed by atoms with Gasteiger partial charge in [-0.2, -0.15) is 0 Å². The molecule has 0 aliphatic rings. The van der Waals surface area contributed by atoms with Gasteiger partial charge in [0.15, 0.2) is 0 Å². The Bertz CT molecular complexity index is 680. The van der Waals surface area contributed by atoms with E-state index in [1.54, 1.807) is 18.2 Å². The number of nitrogens with one attached hydrogen (secondary N) is 2. The smallest absolute Gasteiger partial charge is 0.314 e. The molecular weight excluding hydrogens is 279 g/mol. The Balaban J connectivity index is 1.98. The van der Waals surface area contributed by atoms with E-state index in [2.05, 4.69) is 24.5 Å². The maximum Gasteiger partial charge on any atom is 0.323 e. The summed E-state index contributed by atoms with van der Waals surface area (Å²) in [6.07, 6.45) is 2.94. The van der Waals surface area contributed by atoms with Gasteiger partial charge in [0.05, 0.1) is 0 Å². The van der Waals surface area contributed by atoms with E-state index >= 15 is 0 Å². The van der Waals surface area contributed by atoms with Crippen molar-refractivity contribution in [3.63, 3.8) is 0 Å². The number of carbonyl (C=O) groups excluding carboxylic acids is 1. The van der Waals surface area contributed by atoms with E-state index < -0.39 is 0 Å². The molecule has 0 saturated carbocycles. The second-order valence-electron chi connectivity index (χ2n) is 5.20.